The van der Waals surface area contributed by atoms with Crippen LogP contribution in [0, 0.1) is 5.82 Å². The van der Waals surface area contributed by atoms with Crippen LogP contribution in [0.3, 0.4) is 0 Å². The van der Waals surface area contributed by atoms with Crippen LogP contribution >= 0.6 is 11.6 Å². The van der Waals surface area contributed by atoms with E-state index in [9.17, 15) is 4.39 Å². The quantitative estimate of drug-likeness (QED) is 0.502. The van der Waals surface area contributed by atoms with Crippen molar-refractivity contribution in [3.05, 3.63) is 83.1 Å². The van der Waals surface area contributed by atoms with Crippen molar-refractivity contribution in [3.8, 4) is 22.4 Å². The number of nitrogens with one attached hydrogen (secondary N) is 1. The summed E-state index contributed by atoms with van der Waals surface area (Å²) in [5, 5.41) is 0.630. The number of hydrogen-bond donors (Lipinski definition) is 1. The second-order valence-electron chi connectivity index (χ2n) is 7.94. The fourth-order valence-electron chi connectivity index (χ4n) is 4.66. The first kappa shape index (κ1) is 19.3. The number of aromatic nitrogens is 2. The maximum atomic E-state index is 13.5. The van der Waals surface area contributed by atoms with Crippen molar-refractivity contribution >= 4 is 17.2 Å². The smallest absolute Gasteiger partial charge is 0.123 e. The number of halogens is 2. The summed E-state index contributed by atoms with van der Waals surface area (Å²) >= 11 is 6.80. The zero-order valence-corrected chi connectivity index (χ0v) is 17.6. The summed E-state index contributed by atoms with van der Waals surface area (Å²) in [5.74, 6) is -0.252. The molecule has 0 amide bonds. The van der Waals surface area contributed by atoms with Gasteiger partial charge in [-0.05, 0) is 72.9 Å². The number of hydrogen-bond acceptors (Lipinski definition) is 2. The minimum atomic E-state index is -0.252. The molecular weight excluding hydrogens is 397 g/mol. The number of H-pyrrole nitrogens is 1. The molecule has 3 aromatic rings. The molecule has 0 bridgehead atoms. The maximum absolute atomic E-state index is 13.5. The van der Waals surface area contributed by atoms with E-state index < -0.39 is 0 Å². The fourth-order valence-corrected chi connectivity index (χ4v) is 4.97. The van der Waals surface area contributed by atoms with Crippen LogP contribution < -0.4 is 0 Å². The number of nitrogens with zero attached hydrogens (tertiary/aromatic N) is 2. The van der Waals surface area contributed by atoms with Crippen molar-refractivity contribution in [3.63, 3.8) is 0 Å². The van der Waals surface area contributed by atoms with E-state index in [1.54, 1.807) is 24.5 Å². The highest BCUT2D eigenvalue weighted by molar-refractivity contribution is 6.32. The standard InChI is InChI=1S/C25H23ClFN3/c1-2-16-13-21-14-19(9-12-30(21)15-16)23-22(17-7-10-28-11-8-17)24(29-25(23)26)18-3-5-20(27)6-4-18/h2-8,10-11,14,21,29H,9,12-13,15H2,1H3. The summed E-state index contributed by atoms with van der Waals surface area (Å²) in [5.41, 5.74) is 7.74. The van der Waals surface area contributed by atoms with E-state index in [0.29, 0.717) is 11.2 Å². The van der Waals surface area contributed by atoms with E-state index in [2.05, 4.69) is 33.9 Å². The van der Waals surface area contributed by atoms with Gasteiger partial charge in [-0.15, -0.1) is 0 Å². The topological polar surface area (TPSA) is 31.9 Å². The lowest BCUT2D eigenvalue weighted by molar-refractivity contribution is 0.290. The van der Waals surface area contributed by atoms with Crippen LogP contribution in [0.4, 0.5) is 4.39 Å². The minimum Gasteiger partial charge on any atom is -0.345 e. The van der Waals surface area contributed by atoms with Gasteiger partial charge in [-0.1, -0.05) is 29.3 Å². The lowest BCUT2D eigenvalue weighted by Crippen LogP contribution is -2.32. The van der Waals surface area contributed by atoms with Gasteiger partial charge in [-0.3, -0.25) is 9.88 Å². The molecule has 2 aliphatic rings. The Morgan fingerprint density at radius 2 is 1.87 bits per heavy atom. The normalized spacial score (nSPS) is 20.4. The highest BCUT2D eigenvalue weighted by Gasteiger charge is 2.31. The molecule has 4 heterocycles. The van der Waals surface area contributed by atoms with E-state index in [0.717, 1.165) is 53.9 Å². The average Bonchev–Trinajstić information content (AvgIpc) is 3.34. The molecule has 30 heavy (non-hydrogen) atoms. The lowest BCUT2D eigenvalue weighted by Gasteiger charge is -2.28. The molecule has 1 aromatic carbocycles. The van der Waals surface area contributed by atoms with Crippen LogP contribution in [-0.4, -0.2) is 34.0 Å². The van der Waals surface area contributed by atoms with Crippen LogP contribution in [0.5, 0.6) is 0 Å². The van der Waals surface area contributed by atoms with Gasteiger partial charge < -0.3 is 4.98 Å². The van der Waals surface area contributed by atoms with Crippen LogP contribution in [0.25, 0.3) is 28.0 Å². The summed E-state index contributed by atoms with van der Waals surface area (Å²) in [4.78, 5) is 10.1. The monoisotopic (exact) mass is 419 g/mol. The molecule has 1 N–H and O–H groups in total. The number of allylic oxidation sites excluding steroid dienone is 1. The molecular formula is C25H23ClFN3. The molecule has 2 aliphatic heterocycles. The van der Waals surface area contributed by atoms with Crippen molar-refractivity contribution in [2.75, 3.05) is 13.1 Å². The predicted molar refractivity (Wildman–Crippen MR) is 121 cm³/mol. The van der Waals surface area contributed by atoms with E-state index in [1.807, 2.05) is 12.1 Å². The van der Waals surface area contributed by atoms with Gasteiger partial charge in [-0.25, -0.2) is 4.39 Å². The van der Waals surface area contributed by atoms with Crippen molar-refractivity contribution < 1.29 is 4.39 Å². The van der Waals surface area contributed by atoms with Crippen LogP contribution in [0.2, 0.25) is 5.15 Å². The molecule has 2 aromatic heterocycles. The zero-order chi connectivity index (χ0) is 20.7. The Hall–Kier alpha value is -2.69. The molecule has 152 valence electrons. The van der Waals surface area contributed by atoms with Crippen molar-refractivity contribution in [2.24, 2.45) is 0 Å². The molecule has 1 saturated heterocycles. The van der Waals surface area contributed by atoms with E-state index >= 15 is 0 Å². The lowest BCUT2D eigenvalue weighted by atomic mass is 9.90. The minimum absolute atomic E-state index is 0.252. The molecule has 0 spiro atoms. The van der Waals surface area contributed by atoms with E-state index in [4.69, 9.17) is 11.6 Å². The number of rotatable bonds is 3. The van der Waals surface area contributed by atoms with E-state index in [-0.39, 0.29) is 5.82 Å². The van der Waals surface area contributed by atoms with Crippen LogP contribution in [0.1, 0.15) is 25.3 Å². The summed E-state index contributed by atoms with van der Waals surface area (Å²) in [6.45, 7) is 4.21. The Balaban J connectivity index is 1.66. The highest BCUT2D eigenvalue weighted by atomic mass is 35.5. The molecule has 0 saturated carbocycles. The third kappa shape index (κ3) is 3.40. The van der Waals surface area contributed by atoms with Crippen molar-refractivity contribution in [2.45, 2.75) is 25.8 Å². The van der Waals surface area contributed by atoms with Crippen molar-refractivity contribution in [1.29, 1.82) is 0 Å². The number of aromatic amines is 1. The van der Waals surface area contributed by atoms with Gasteiger partial charge in [0.2, 0.25) is 0 Å². The second kappa shape index (κ2) is 7.86. The summed E-state index contributed by atoms with van der Waals surface area (Å²) in [6.07, 6.45) is 10.2. The Labute approximate surface area is 180 Å². The van der Waals surface area contributed by atoms with Gasteiger partial charge >= 0.3 is 0 Å². The number of benzene rings is 1. The maximum Gasteiger partial charge on any atom is 0.123 e. The van der Waals surface area contributed by atoms with Crippen molar-refractivity contribution in [1.82, 2.24) is 14.9 Å². The van der Waals surface area contributed by atoms with Gasteiger partial charge in [0.25, 0.3) is 0 Å². The van der Waals surface area contributed by atoms with Gasteiger partial charge in [0.05, 0.1) is 5.69 Å². The van der Waals surface area contributed by atoms with Gasteiger partial charge in [0.15, 0.2) is 0 Å². The Morgan fingerprint density at radius 3 is 2.60 bits per heavy atom. The van der Waals surface area contributed by atoms with E-state index in [1.165, 1.54) is 23.3 Å². The SMILES string of the molecule is CC=C1CC2C=C(c3c(Cl)[nH]c(-c4ccc(F)cc4)c3-c3ccncc3)CCN2C1. The predicted octanol–water partition coefficient (Wildman–Crippen LogP) is 6.34. The van der Waals surface area contributed by atoms with Crippen LogP contribution in [0.15, 0.2) is 66.5 Å². The molecule has 3 nitrogen and oxygen atoms in total. The molecule has 0 radical (unpaired) electrons. The first-order valence-corrected chi connectivity index (χ1v) is 10.7. The molecule has 1 fully saturated rings. The summed E-state index contributed by atoms with van der Waals surface area (Å²) < 4.78 is 13.5. The fraction of sp³-hybridized carbons (Fsp3) is 0.240. The number of pyridine rings is 1. The van der Waals surface area contributed by atoms with Crippen LogP contribution in [-0.2, 0) is 0 Å². The first-order chi connectivity index (χ1) is 14.6. The van der Waals surface area contributed by atoms with Gasteiger partial charge in [0, 0.05) is 42.7 Å². The van der Waals surface area contributed by atoms with Gasteiger partial charge in [-0.2, -0.15) is 0 Å². The molecule has 5 rings (SSSR count). The molecule has 5 heteroatoms. The Kier molecular flexibility index (Phi) is 5.05. The molecule has 1 unspecified atom stereocenters. The molecule has 0 aliphatic carbocycles. The summed E-state index contributed by atoms with van der Waals surface area (Å²) in [6, 6.07) is 11.0. The third-order valence-corrected chi connectivity index (χ3v) is 6.48. The second-order valence-corrected chi connectivity index (χ2v) is 8.32. The first-order valence-electron chi connectivity index (χ1n) is 10.3. The summed E-state index contributed by atoms with van der Waals surface area (Å²) in [7, 11) is 0. The zero-order valence-electron chi connectivity index (χ0n) is 16.8. The average molecular weight is 420 g/mol. The highest BCUT2D eigenvalue weighted by Crippen LogP contribution is 2.44. The Morgan fingerprint density at radius 1 is 1.10 bits per heavy atom. The van der Waals surface area contributed by atoms with Gasteiger partial charge in [0.1, 0.15) is 11.0 Å². The largest absolute Gasteiger partial charge is 0.345 e. The Bertz CT molecular complexity index is 1130. The number of fused-ring (bicyclic) bond motifs is 1. The third-order valence-electron chi connectivity index (χ3n) is 6.19. The molecule has 1 atom stereocenters.